The van der Waals surface area contributed by atoms with Crippen LogP contribution < -0.4 is 4.90 Å². The molecule has 0 amide bonds. The van der Waals surface area contributed by atoms with Gasteiger partial charge in [0, 0.05) is 13.1 Å². The maximum Gasteiger partial charge on any atom is 0.150 e. The lowest BCUT2D eigenvalue weighted by Crippen LogP contribution is -2.25. The summed E-state index contributed by atoms with van der Waals surface area (Å²) in [4.78, 5) is 10.4. The second-order valence-corrected chi connectivity index (χ2v) is 4.62. The molecule has 4 heteroatoms. The van der Waals surface area contributed by atoms with E-state index in [1.165, 1.54) is 19.3 Å². The highest BCUT2D eigenvalue weighted by molar-refractivity contribution is 6.32. The number of halogens is 1. The van der Waals surface area contributed by atoms with E-state index in [1.807, 2.05) is 0 Å². The third-order valence-corrected chi connectivity index (χ3v) is 3.23. The molecule has 1 aromatic heterocycles. The van der Waals surface area contributed by atoms with Gasteiger partial charge in [-0.25, -0.2) is 9.97 Å². The zero-order valence-corrected chi connectivity index (χ0v) is 9.74. The molecule has 3 nitrogen and oxygen atoms in total. The standard InChI is InChI=1S/C11H16ClN3/c1-9-3-2-5-15(6-4-9)11-10(12)7-13-8-14-11/h7-9H,2-6H2,1H3. The maximum atomic E-state index is 6.08. The molecule has 1 atom stereocenters. The quantitative estimate of drug-likeness (QED) is 0.736. The molecule has 0 radical (unpaired) electrons. The maximum absolute atomic E-state index is 6.08. The van der Waals surface area contributed by atoms with Crippen molar-refractivity contribution in [2.24, 2.45) is 5.92 Å². The lowest BCUT2D eigenvalue weighted by molar-refractivity contribution is 0.521. The first kappa shape index (κ1) is 10.7. The molecular weight excluding hydrogens is 210 g/mol. The fraction of sp³-hybridized carbons (Fsp3) is 0.636. The van der Waals surface area contributed by atoms with E-state index in [0.29, 0.717) is 5.02 Å². The van der Waals surface area contributed by atoms with Gasteiger partial charge in [-0.05, 0) is 25.2 Å². The van der Waals surface area contributed by atoms with Crippen LogP contribution >= 0.6 is 11.6 Å². The second kappa shape index (κ2) is 4.79. The van der Waals surface area contributed by atoms with Crippen LogP contribution in [0.1, 0.15) is 26.2 Å². The highest BCUT2D eigenvalue weighted by Gasteiger charge is 2.16. The van der Waals surface area contributed by atoms with Gasteiger partial charge in [-0.15, -0.1) is 0 Å². The summed E-state index contributed by atoms with van der Waals surface area (Å²) >= 11 is 6.08. The van der Waals surface area contributed by atoms with Gasteiger partial charge in [-0.2, -0.15) is 0 Å². The number of hydrogen-bond donors (Lipinski definition) is 0. The number of hydrogen-bond acceptors (Lipinski definition) is 3. The summed E-state index contributed by atoms with van der Waals surface area (Å²) in [6.45, 7) is 4.42. The van der Waals surface area contributed by atoms with Crippen molar-refractivity contribution in [3.05, 3.63) is 17.5 Å². The van der Waals surface area contributed by atoms with E-state index in [-0.39, 0.29) is 0 Å². The molecule has 0 saturated carbocycles. The molecule has 0 N–H and O–H groups in total. The molecule has 0 aliphatic carbocycles. The van der Waals surface area contributed by atoms with Crippen molar-refractivity contribution in [2.75, 3.05) is 18.0 Å². The fourth-order valence-corrected chi connectivity index (χ4v) is 2.24. The van der Waals surface area contributed by atoms with Crippen molar-refractivity contribution in [3.63, 3.8) is 0 Å². The van der Waals surface area contributed by atoms with Crippen LogP contribution in [0.15, 0.2) is 12.5 Å². The van der Waals surface area contributed by atoms with E-state index < -0.39 is 0 Å². The van der Waals surface area contributed by atoms with Crippen LogP contribution in [0.4, 0.5) is 5.82 Å². The zero-order valence-electron chi connectivity index (χ0n) is 8.99. The average Bonchev–Trinajstić information content (AvgIpc) is 2.44. The first-order valence-corrected chi connectivity index (χ1v) is 5.85. The van der Waals surface area contributed by atoms with Crippen LogP contribution in [0, 0.1) is 5.92 Å². The number of rotatable bonds is 1. The van der Waals surface area contributed by atoms with Crippen LogP contribution in [0.3, 0.4) is 0 Å². The smallest absolute Gasteiger partial charge is 0.150 e. The van der Waals surface area contributed by atoms with Gasteiger partial charge >= 0.3 is 0 Å². The minimum Gasteiger partial charge on any atom is -0.355 e. The van der Waals surface area contributed by atoms with Gasteiger partial charge in [0.1, 0.15) is 11.3 Å². The highest BCUT2D eigenvalue weighted by Crippen LogP contribution is 2.25. The minimum atomic E-state index is 0.659. The Balaban J connectivity index is 2.13. The first-order valence-electron chi connectivity index (χ1n) is 5.48. The third-order valence-electron chi connectivity index (χ3n) is 2.96. The fourth-order valence-electron chi connectivity index (χ4n) is 2.01. The average molecular weight is 226 g/mol. The predicted octanol–water partition coefficient (Wildman–Crippen LogP) is 2.76. The van der Waals surface area contributed by atoms with Gasteiger partial charge in [0.15, 0.2) is 5.82 Å². The third kappa shape index (κ3) is 2.59. The number of anilines is 1. The van der Waals surface area contributed by atoms with Crippen LogP contribution in [-0.4, -0.2) is 23.1 Å². The molecule has 2 rings (SSSR count). The van der Waals surface area contributed by atoms with E-state index in [0.717, 1.165) is 24.8 Å². The van der Waals surface area contributed by atoms with Gasteiger partial charge in [0.2, 0.25) is 0 Å². The largest absolute Gasteiger partial charge is 0.355 e. The molecule has 1 aliphatic rings. The van der Waals surface area contributed by atoms with Crippen molar-refractivity contribution in [2.45, 2.75) is 26.2 Å². The number of nitrogens with zero attached hydrogens (tertiary/aromatic N) is 3. The summed E-state index contributed by atoms with van der Waals surface area (Å²) in [5.74, 6) is 1.70. The molecule has 1 fully saturated rings. The molecule has 1 saturated heterocycles. The highest BCUT2D eigenvalue weighted by atomic mass is 35.5. The van der Waals surface area contributed by atoms with Crippen molar-refractivity contribution < 1.29 is 0 Å². The number of aromatic nitrogens is 2. The van der Waals surface area contributed by atoms with Crippen molar-refractivity contribution in [1.82, 2.24) is 9.97 Å². The van der Waals surface area contributed by atoms with E-state index >= 15 is 0 Å². The Labute approximate surface area is 95.5 Å². The Hall–Kier alpha value is -0.830. The van der Waals surface area contributed by atoms with Crippen LogP contribution in [0.5, 0.6) is 0 Å². The topological polar surface area (TPSA) is 29.0 Å². The summed E-state index contributed by atoms with van der Waals surface area (Å²) in [7, 11) is 0. The van der Waals surface area contributed by atoms with Gasteiger partial charge < -0.3 is 4.90 Å². The Bertz CT molecular complexity index is 329. The van der Waals surface area contributed by atoms with Crippen molar-refractivity contribution in [1.29, 1.82) is 0 Å². The molecule has 1 unspecified atom stereocenters. The Morgan fingerprint density at radius 3 is 3.07 bits per heavy atom. The molecule has 1 aliphatic heterocycles. The Morgan fingerprint density at radius 2 is 2.27 bits per heavy atom. The molecule has 1 aromatic rings. The van der Waals surface area contributed by atoms with E-state index in [2.05, 4.69) is 21.8 Å². The van der Waals surface area contributed by atoms with Crippen molar-refractivity contribution >= 4 is 17.4 Å². The molecule has 0 bridgehead atoms. The minimum absolute atomic E-state index is 0.659. The van der Waals surface area contributed by atoms with Gasteiger partial charge in [-0.3, -0.25) is 0 Å². The molecule has 0 spiro atoms. The molecule has 0 aromatic carbocycles. The van der Waals surface area contributed by atoms with Gasteiger partial charge in [-0.1, -0.05) is 18.5 Å². The lowest BCUT2D eigenvalue weighted by Gasteiger charge is -2.21. The molecule has 15 heavy (non-hydrogen) atoms. The summed E-state index contributed by atoms with van der Waals surface area (Å²) in [6, 6.07) is 0. The summed E-state index contributed by atoms with van der Waals surface area (Å²) in [5.41, 5.74) is 0. The predicted molar refractivity (Wildman–Crippen MR) is 62.3 cm³/mol. The van der Waals surface area contributed by atoms with Crippen LogP contribution in [0.25, 0.3) is 0 Å². The van der Waals surface area contributed by atoms with E-state index in [4.69, 9.17) is 11.6 Å². The summed E-state index contributed by atoms with van der Waals surface area (Å²) < 4.78 is 0. The van der Waals surface area contributed by atoms with Crippen LogP contribution in [0.2, 0.25) is 5.02 Å². The van der Waals surface area contributed by atoms with Crippen molar-refractivity contribution in [3.8, 4) is 0 Å². The molecule has 2 heterocycles. The zero-order chi connectivity index (χ0) is 10.7. The monoisotopic (exact) mass is 225 g/mol. The lowest BCUT2D eigenvalue weighted by atomic mass is 10.0. The SMILES string of the molecule is CC1CCCN(c2ncncc2Cl)CC1. The normalized spacial score (nSPS) is 22.5. The van der Waals surface area contributed by atoms with E-state index in [9.17, 15) is 0 Å². The summed E-state index contributed by atoms with van der Waals surface area (Å²) in [6.07, 6.45) is 6.98. The Morgan fingerprint density at radius 1 is 1.40 bits per heavy atom. The van der Waals surface area contributed by atoms with Gasteiger partial charge in [0.25, 0.3) is 0 Å². The summed E-state index contributed by atoms with van der Waals surface area (Å²) in [5, 5.41) is 0.659. The molecular formula is C11H16ClN3. The second-order valence-electron chi connectivity index (χ2n) is 4.22. The Kier molecular flexibility index (Phi) is 3.41. The molecule has 82 valence electrons. The van der Waals surface area contributed by atoms with Crippen LogP contribution in [-0.2, 0) is 0 Å². The first-order chi connectivity index (χ1) is 7.27. The van der Waals surface area contributed by atoms with Gasteiger partial charge in [0.05, 0.1) is 6.20 Å². The van der Waals surface area contributed by atoms with E-state index in [1.54, 1.807) is 12.5 Å².